The first kappa shape index (κ1) is 25.9. The van der Waals surface area contributed by atoms with Crippen molar-refractivity contribution >= 4 is 27.9 Å². The van der Waals surface area contributed by atoms with Gasteiger partial charge in [0.15, 0.2) is 5.76 Å². The Morgan fingerprint density at radius 3 is 2.59 bits per heavy atom. The molecule has 6 rings (SSSR count). The van der Waals surface area contributed by atoms with Crippen molar-refractivity contribution in [1.29, 1.82) is 0 Å². The number of aliphatic hydroxyl groups is 1. The van der Waals surface area contributed by atoms with Crippen molar-refractivity contribution in [1.82, 2.24) is 14.5 Å². The van der Waals surface area contributed by atoms with Gasteiger partial charge >= 0.3 is 0 Å². The van der Waals surface area contributed by atoms with Crippen LogP contribution in [0.4, 0.5) is 0 Å². The highest BCUT2D eigenvalue weighted by Crippen LogP contribution is 2.42. The molecule has 0 bridgehead atoms. The third kappa shape index (κ3) is 4.30. The van der Waals surface area contributed by atoms with Gasteiger partial charge in [-0.25, -0.2) is 4.98 Å². The molecule has 1 aliphatic heterocycles. The number of carbonyl (C=O) groups excluding carboxylic acids is 1. The Labute approximate surface area is 228 Å². The number of nitrogens with zero attached hydrogens (tertiary/aromatic N) is 3. The van der Waals surface area contributed by atoms with Crippen molar-refractivity contribution in [3.8, 4) is 17.2 Å². The monoisotopic (exact) mass is 530 g/mol. The lowest BCUT2D eigenvalue weighted by molar-refractivity contribution is 0.0734. The third-order valence-electron chi connectivity index (χ3n) is 8.65. The molecular formula is C31H38N4O4. The van der Waals surface area contributed by atoms with E-state index in [9.17, 15) is 9.90 Å². The zero-order valence-corrected chi connectivity index (χ0v) is 23.6. The van der Waals surface area contributed by atoms with E-state index in [1.165, 1.54) is 12.8 Å². The fraction of sp³-hybridized carbons (Fsp3) is 0.484. The molecule has 2 fully saturated rings. The van der Waals surface area contributed by atoms with Gasteiger partial charge in [0.2, 0.25) is 0 Å². The van der Waals surface area contributed by atoms with Gasteiger partial charge in [-0.05, 0) is 82.7 Å². The number of benzene rings is 1. The maximum absolute atomic E-state index is 13.6. The number of carbonyl (C=O) groups is 1. The molecule has 2 aliphatic rings. The number of fused-ring (bicyclic) bond motifs is 2. The van der Waals surface area contributed by atoms with E-state index in [4.69, 9.17) is 19.9 Å². The number of aromatic nitrogens is 2. The van der Waals surface area contributed by atoms with Crippen molar-refractivity contribution in [2.75, 3.05) is 13.7 Å². The van der Waals surface area contributed by atoms with Gasteiger partial charge < -0.3 is 29.5 Å². The Balaban J connectivity index is 1.49. The minimum atomic E-state index is -1.04. The van der Waals surface area contributed by atoms with Crippen LogP contribution in [0.5, 0.6) is 5.75 Å². The number of rotatable bonds is 6. The number of ether oxygens (including phenoxy) is 1. The largest absolute Gasteiger partial charge is 0.496 e. The molecule has 3 unspecified atom stereocenters. The zero-order chi connectivity index (χ0) is 27.8. The maximum atomic E-state index is 13.6. The topological polar surface area (TPSA) is 107 Å². The van der Waals surface area contributed by atoms with E-state index in [0.717, 1.165) is 40.0 Å². The maximum Gasteiger partial charge on any atom is 0.254 e. The second-order valence-electron chi connectivity index (χ2n) is 12.1. The van der Waals surface area contributed by atoms with Crippen LogP contribution in [0.1, 0.15) is 62.2 Å². The molecule has 8 nitrogen and oxygen atoms in total. The highest BCUT2D eigenvalue weighted by Gasteiger charge is 2.37. The van der Waals surface area contributed by atoms with Crippen LogP contribution in [-0.4, -0.2) is 51.2 Å². The third-order valence-corrected chi connectivity index (χ3v) is 8.65. The van der Waals surface area contributed by atoms with E-state index in [2.05, 4.69) is 17.6 Å². The van der Waals surface area contributed by atoms with Gasteiger partial charge in [0.05, 0.1) is 23.9 Å². The summed E-state index contributed by atoms with van der Waals surface area (Å²) < 4.78 is 14.6. The van der Waals surface area contributed by atoms with Crippen LogP contribution < -0.4 is 10.5 Å². The van der Waals surface area contributed by atoms with Crippen molar-refractivity contribution in [3.05, 3.63) is 47.2 Å². The zero-order valence-electron chi connectivity index (χ0n) is 23.6. The molecule has 3 aromatic heterocycles. The standard InChI is InChI=1S/C31H38N4O4/c1-16-14-34(18(3)27(16)32)30(36)21-12-23(38-6)26-17(2)28(39-24(26)13-21)22-11-20-9-10-25(31(4,5)37)33-29(20)35(22)15-19-7-8-19/h9-13,16,18-19,27,37H,7-8,14-15,32H2,1-6H3. The van der Waals surface area contributed by atoms with Crippen LogP contribution in [0.15, 0.2) is 34.7 Å². The molecule has 1 saturated carbocycles. The number of methoxy groups -OCH3 is 1. The summed E-state index contributed by atoms with van der Waals surface area (Å²) in [7, 11) is 1.62. The Hall–Kier alpha value is -3.36. The van der Waals surface area contributed by atoms with E-state index in [0.29, 0.717) is 35.1 Å². The summed E-state index contributed by atoms with van der Waals surface area (Å²) in [6.45, 7) is 11.1. The van der Waals surface area contributed by atoms with Crippen molar-refractivity contribution in [2.24, 2.45) is 17.6 Å². The smallest absolute Gasteiger partial charge is 0.254 e. The number of amides is 1. The number of pyridine rings is 1. The first-order valence-electron chi connectivity index (χ1n) is 13.9. The molecule has 0 spiro atoms. The Kier molecular flexibility index (Phi) is 6.04. The average Bonchev–Trinajstić information content (AvgIpc) is 3.50. The summed E-state index contributed by atoms with van der Waals surface area (Å²) >= 11 is 0. The summed E-state index contributed by atoms with van der Waals surface area (Å²) in [5.74, 6) is 2.13. The Morgan fingerprint density at radius 2 is 1.97 bits per heavy atom. The van der Waals surface area contributed by atoms with E-state index < -0.39 is 5.60 Å². The molecular weight excluding hydrogens is 492 g/mol. The van der Waals surface area contributed by atoms with E-state index in [1.807, 2.05) is 43.0 Å². The second-order valence-corrected chi connectivity index (χ2v) is 12.1. The van der Waals surface area contributed by atoms with E-state index >= 15 is 0 Å². The van der Waals surface area contributed by atoms with Crippen LogP contribution in [0.25, 0.3) is 33.5 Å². The number of nitrogens with two attached hydrogens (primary N) is 1. The summed E-state index contributed by atoms with van der Waals surface area (Å²) in [6, 6.07) is 9.56. The van der Waals surface area contributed by atoms with E-state index in [1.54, 1.807) is 21.0 Å². The van der Waals surface area contributed by atoms with Crippen LogP contribution in [0.2, 0.25) is 0 Å². The quantitative estimate of drug-likeness (QED) is 0.354. The van der Waals surface area contributed by atoms with Crippen LogP contribution in [0, 0.1) is 18.8 Å². The van der Waals surface area contributed by atoms with Gasteiger partial charge in [-0.15, -0.1) is 0 Å². The predicted molar refractivity (Wildman–Crippen MR) is 152 cm³/mol. The van der Waals surface area contributed by atoms with Gasteiger partial charge in [-0.3, -0.25) is 4.79 Å². The summed E-state index contributed by atoms with van der Waals surface area (Å²) in [5, 5.41) is 12.5. The number of furan rings is 1. The Bertz CT molecular complexity index is 1590. The van der Waals surface area contributed by atoms with E-state index in [-0.39, 0.29) is 23.9 Å². The lowest BCUT2D eigenvalue weighted by Crippen LogP contribution is -2.40. The second kappa shape index (κ2) is 9.10. The number of aryl methyl sites for hydroxylation is 1. The molecule has 206 valence electrons. The molecule has 39 heavy (non-hydrogen) atoms. The molecule has 8 heteroatoms. The summed E-state index contributed by atoms with van der Waals surface area (Å²) in [4.78, 5) is 20.3. The van der Waals surface area contributed by atoms with Gasteiger partial charge in [0.25, 0.3) is 5.91 Å². The minimum absolute atomic E-state index is 0.0393. The van der Waals surface area contributed by atoms with Crippen LogP contribution in [-0.2, 0) is 12.1 Å². The Morgan fingerprint density at radius 1 is 1.23 bits per heavy atom. The highest BCUT2D eigenvalue weighted by atomic mass is 16.5. The molecule has 1 amide bonds. The lowest BCUT2D eigenvalue weighted by atomic mass is 10.0. The average molecular weight is 531 g/mol. The fourth-order valence-corrected chi connectivity index (χ4v) is 5.98. The SMILES string of the molecule is COc1cc(C(=O)N2CC(C)C(N)C2C)cc2oc(-c3cc4ccc(C(C)(C)O)nc4n3CC3CC3)c(C)c12. The van der Waals surface area contributed by atoms with Gasteiger partial charge in [-0.1, -0.05) is 6.92 Å². The molecule has 0 radical (unpaired) electrons. The molecule has 4 aromatic rings. The summed E-state index contributed by atoms with van der Waals surface area (Å²) in [5.41, 5.74) is 9.79. The normalized spacial score (nSPS) is 21.8. The molecule has 1 aromatic carbocycles. The number of likely N-dealkylation sites (tertiary alicyclic amines) is 1. The predicted octanol–water partition coefficient (Wildman–Crippen LogP) is 5.21. The molecule has 3 N–H and O–H groups in total. The summed E-state index contributed by atoms with van der Waals surface area (Å²) in [6.07, 6.45) is 2.39. The van der Waals surface area contributed by atoms with Crippen molar-refractivity contribution in [2.45, 2.75) is 71.7 Å². The molecule has 4 heterocycles. The van der Waals surface area contributed by atoms with Gasteiger partial charge in [-0.2, -0.15) is 0 Å². The fourth-order valence-electron chi connectivity index (χ4n) is 5.98. The molecule has 3 atom stereocenters. The number of hydrogen-bond donors (Lipinski definition) is 2. The molecule has 1 aliphatic carbocycles. The lowest BCUT2D eigenvalue weighted by Gasteiger charge is -2.23. The number of hydrogen-bond acceptors (Lipinski definition) is 6. The van der Waals surface area contributed by atoms with Gasteiger partial charge in [0, 0.05) is 41.7 Å². The van der Waals surface area contributed by atoms with Crippen LogP contribution in [0.3, 0.4) is 0 Å². The van der Waals surface area contributed by atoms with Crippen LogP contribution >= 0.6 is 0 Å². The first-order chi connectivity index (χ1) is 18.5. The van der Waals surface area contributed by atoms with Crippen molar-refractivity contribution < 1.29 is 19.1 Å². The van der Waals surface area contributed by atoms with Gasteiger partial charge in [0.1, 0.15) is 22.6 Å². The van der Waals surface area contributed by atoms with Crippen molar-refractivity contribution in [3.63, 3.8) is 0 Å². The minimum Gasteiger partial charge on any atom is -0.496 e. The highest BCUT2D eigenvalue weighted by molar-refractivity contribution is 6.02. The molecule has 1 saturated heterocycles. The first-order valence-corrected chi connectivity index (χ1v) is 13.9.